The van der Waals surface area contributed by atoms with Gasteiger partial charge >= 0.3 is 18.1 Å². The molecule has 1 N–H and O–H groups in total. The number of carbonyl (C=O) groups excluding carboxylic acids is 5. The third kappa shape index (κ3) is 8.75. The smallest absolute Gasteiger partial charge is 0.422 e. The Morgan fingerprint density at radius 3 is 2.56 bits per heavy atom. The quantitative estimate of drug-likeness (QED) is 0.270. The second kappa shape index (κ2) is 15.1. The van der Waals surface area contributed by atoms with Crippen LogP contribution in [0.1, 0.15) is 102 Å². The fourth-order valence-electron chi connectivity index (χ4n) is 7.99. The highest BCUT2D eigenvalue weighted by atomic mass is 19.4. The Balaban J connectivity index is 1.37. The number of halogens is 3. The summed E-state index contributed by atoms with van der Waals surface area (Å²) >= 11 is 0. The van der Waals surface area contributed by atoms with Crippen LogP contribution in [-0.4, -0.2) is 88.1 Å². The number of nitrogens with zero attached hydrogens (tertiary/aromatic N) is 2. The number of ketones is 1. The lowest BCUT2D eigenvalue weighted by Crippen LogP contribution is -2.54. The highest BCUT2D eigenvalue weighted by Crippen LogP contribution is 2.48. The number of nitrogens with one attached hydrogen (secondary N) is 1. The van der Waals surface area contributed by atoms with Gasteiger partial charge in [0.15, 0.2) is 18.1 Å². The van der Waals surface area contributed by atoms with Gasteiger partial charge in [0.1, 0.15) is 28.5 Å². The molecular formula is C40H48F3N3O9. The zero-order valence-corrected chi connectivity index (χ0v) is 31.8. The molecule has 2 aromatic rings. The minimum Gasteiger partial charge on any atom is -0.484 e. The molecule has 12 nitrogen and oxygen atoms in total. The molecule has 1 aromatic carbocycles. The molecule has 3 aliphatic heterocycles. The van der Waals surface area contributed by atoms with Crippen LogP contribution in [0.5, 0.6) is 11.5 Å². The minimum atomic E-state index is -4.58. The molecule has 55 heavy (non-hydrogen) atoms. The van der Waals surface area contributed by atoms with E-state index < -0.39 is 71.0 Å². The number of fused-ring (bicyclic) bond motifs is 5. The molecule has 6 rings (SSSR count). The maximum absolute atomic E-state index is 14.7. The highest BCUT2D eigenvalue weighted by Gasteiger charge is 2.63. The van der Waals surface area contributed by atoms with Crippen LogP contribution in [0.3, 0.4) is 0 Å². The average Bonchev–Trinajstić information content (AvgIpc) is 3.66. The summed E-state index contributed by atoms with van der Waals surface area (Å²) in [5.41, 5.74) is -2.74. The standard InChI is InChI=1S/C40H48F3N3O9/c1-6-52-36(51)39-18-25(39)13-11-9-7-8-10-12-24(16-31(48)54-37(3,4)5)35(50)46-21-38(19-29(46)34(49)45-39)20-30(47)32-27-17-26(53-22-40(41,42)43)14-15-28(27)44-23(2)33(32)55-38/h11,13-15,17,24-25,29H,6-10,12,16,18-22H2,1-5H3,(H,45,49)/b13-11-/t24-,25-,29+,38+,39-/m1/s1. The number of hydrogen-bond donors (Lipinski definition) is 1. The molecule has 0 radical (unpaired) electrons. The summed E-state index contributed by atoms with van der Waals surface area (Å²) in [6.07, 6.45) is 2.34. The second-order valence-corrected chi connectivity index (χ2v) is 16.1. The van der Waals surface area contributed by atoms with E-state index in [-0.39, 0.29) is 60.8 Å². The zero-order chi connectivity index (χ0) is 39.9. The van der Waals surface area contributed by atoms with Crippen molar-refractivity contribution in [3.63, 3.8) is 0 Å². The number of aryl methyl sites for hydroxylation is 1. The first kappa shape index (κ1) is 40.0. The predicted octanol–water partition coefficient (Wildman–Crippen LogP) is 6.10. The number of Topliss-reactive ketones (excluding diaryl/α,β-unsaturated/α-hetero) is 1. The number of pyridine rings is 1. The van der Waals surface area contributed by atoms with Crippen LogP contribution in [-0.2, 0) is 28.7 Å². The molecule has 4 aliphatic rings. The molecule has 1 spiro atoms. The summed E-state index contributed by atoms with van der Waals surface area (Å²) in [6.45, 7) is 6.89. The van der Waals surface area contributed by atoms with Gasteiger partial charge in [-0.05, 0) is 78.5 Å². The van der Waals surface area contributed by atoms with Gasteiger partial charge in [-0.15, -0.1) is 0 Å². The van der Waals surface area contributed by atoms with Crippen LogP contribution in [0.2, 0.25) is 0 Å². The highest BCUT2D eigenvalue weighted by molar-refractivity contribution is 6.11. The molecule has 1 saturated heterocycles. The Hall–Kier alpha value is -4.69. The van der Waals surface area contributed by atoms with E-state index >= 15 is 0 Å². The van der Waals surface area contributed by atoms with Gasteiger partial charge in [-0.2, -0.15) is 13.2 Å². The van der Waals surface area contributed by atoms with Crippen LogP contribution >= 0.6 is 0 Å². The third-order valence-corrected chi connectivity index (χ3v) is 10.5. The summed E-state index contributed by atoms with van der Waals surface area (Å²) in [6, 6.07) is 2.93. The molecule has 2 fully saturated rings. The number of aromatic nitrogens is 1. The van der Waals surface area contributed by atoms with Crippen molar-refractivity contribution in [1.29, 1.82) is 0 Å². The molecular weight excluding hydrogens is 723 g/mol. The fraction of sp³-hybridized carbons (Fsp3) is 0.600. The molecule has 2 amide bonds. The van der Waals surface area contributed by atoms with E-state index in [1.54, 1.807) is 34.6 Å². The maximum atomic E-state index is 14.7. The normalized spacial score (nSPS) is 27.8. The first-order valence-electron chi connectivity index (χ1n) is 18.9. The fourth-order valence-corrected chi connectivity index (χ4v) is 7.99. The van der Waals surface area contributed by atoms with Crippen LogP contribution in [0.15, 0.2) is 30.4 Å². The van der Waals surface area contributed by atoms with Crippen molar-refractivity contribution in [2.45, 2.75) is 121 Å². The number of esters is 2. The summed E-state index contributed by atoms with van der Waals surface area (Å²) < 4.78 is 61.4. The van der Waals surface area contributed by atoms with E-state index in [9.17, 15) is 37.1 Å². The maximum Gasteiger partial charge on any atom is 0.422 e. The lowest BCUT2D eigenvalue weighted by molar-refractivity contribution is -0.159. The number of hydrogen-bond acceptors (Lipinski definition) is 10. The number of alkyl halides is 3. The van der Waals surface area contributed by atoms with Gasteiger partial charge < -0.3 is 29.2 Å². The molecule has 1 saturated carbocycles. The Bertz CT molecular complexity index is 1910. The second-order valence-electron chi connectivity index (χ2n) is 16.1. The third-order valence-electron chi connectivity index (χ3n) is 10.5. The Morgan fingerprint density at radius 2 is 1.85 bits per heavy atom. The largest absolute Gasteiger partial charge is 0.484 e. The molecule has 298 valence electrons. The SMILES string of the molecule is CCOC(=O)[C@@]12C[C@H]1/C=C\CCCCC[C@H](CC(=O)OC(C)(C)C)C(=O)N1C[C@@]3(CC(=O)c4c(c(C)nc5ccc(OCC(F)(F)F)cc45)O3)C[C@H]1C(=O)N2. The number of allylic oxidation sites excluding steroid dienone is 1. The molecule has 0 unspecified atom stereocenters. The van der Waals surface area contributed by atoms with Crippen molar-refractivity contribution in [3.05, 3.63) is 41.6 Å². The van der Waals surface area contributed by atoms with Gasteiger partial charge in [0.05, 0.1) is 42.8 Å². The summed E-state index contributed by atoms with van der Waals surface area (Å²) in [5, 5.41) is 3.16. The van der Waals surface area contributed by atoms with E-state index in [1.807, 2.05) is 12.2 Å². The van der Waals surface area contributed by atoms with Crippen molar-refractivity contribution >= 4 is 40.4 Å². The first-order chi connectivity index (χ1) is 25.8. The molecule has 15 heteroatoms. The van der Waals surface area contributed by atoms with Gasteiger partial charge in [-0.3, -0.25) is 19.2 Å². The molecule has 5 atom stereocenters. The van der Waals surface area contributed by atoms with E-state index in [0.717, 1.165) is 19.3 Å². The Labute approximate surface area is 317 Å². The van der Waals surface area contributed by atoms with Crippen LogP contribution < -0.4 is 14.8 Å². The van der Waals surface area contributed by atoms with Gasteiger partial charge in [0.25, 0.3) is 0 Å². The van der Waals surface area contributed by atoms with Gasteiger partial charge in [-0.1, -0.05) is 25.0 Å². The summed E-state index contributed by atoms with van der Waals surface area (Å²) in [5.74, 6) is -3.84. The molecule has 4 heterocycles. The average molecular weight is 772 g/mol. The number of ether oxygens (including phenoxy) is 4. The summed E-state index contributed by atoms with van der Waals surface area (Å²) in [7, 11) is 0. The van der Waals surface area contributed by atoms with Gasteiger partial charge in [0.2, 0.25) is 11.8 Å². The lowest BCUT2D eigenvalue weighted by atomic mass is 9.86. The number of benzene rings is 1. The Morgan fingerprint density at radius 1 is 1.09 bits per heavy atom. The van der Waals surface area contributed by atoms with Crippen LogP contribution in [0.25, 0.3) is 10.9 Å². The van der Waals surface area contributed by atoms with Crippen molar-refractivity contribution < 1.29 is 56.1 Å². The zero-order valence-electron chi connectivity index (χ0n) is 31.8. The van der Waals surface area contributed by atoms with Gasteiger partial charge in [-0.25, -0.2) is 9.78 Å². The van der Waals surface area contributed by atoms with E-state index in [0.29, 0.717) is 30.5 Å². The van der Waals surface area contributed by atoms with E-state index in [2.05, 4.69) is 10.3 Å². The summed E-state index contributed by atoms with van der Waals surface area (Å²) in [4.78, 5) is 75.7. The molecule has 1 aliphatic carbocycles. The monoisotopic (exact) mass is 771 g/mol. The van der Waals surface area contributed by atoms with Crippen molar-refractivity contribution in [3.8, 4) is 11.5 Å². The van der Waals surface area contributed by atoms with Gasteiger partial charge in [0, 0.05) is 23.6 Å². The molecule has 1 aromatic heterocycles. The predicted molar refractivity (Wildman–Crippen MR) is 192 cm³/mol. The number of amides is 2. The Kier molecular flexibility index (Phi) is 11.0. The number of rotatable bonds is 6. The lowest BCUT2D eigenvalue weighted by Gasteiger charge is -2.36. The van der Waals surface area contributed by atoms with Crippen molar-refractivity contribution in [2.75, 3.05) is 19.8 Å². The van der Waals surface area contributed by atoms with Crippen molar-refractivity contribution in [2.24, 2.45) is 11.8 Å². The molecule has 0 bridgehead atoms. The minimum absolute atomic E-state index is 0.0908. The van der Waals surface area contributed by atoms with Crippen LogP contribution in [0.4, 0.5) is 13.2 Å². The topological polar surface area (TPSA) is 150 Å². The van der Waals surface area contributed by atoms with Crippen LogP contribution in [0, 0.1) is 18.8 Å². The first-order valence-corrected chi connectivity index (χ1v) is 18.9. The van der Waals surface area contributed by atoms with Crippen molar-refractivity contribution in [1.82, 2.24) is 15.2 Å². The van der Waals surface area contributed by atoms with E-state index in [1.165, 1.54) is 23.1 Å². The number of carbonyl (C=O) groups is 5. The van der Waals surface area contributed by atoms with E-state index in [4.69, 9.17) is 18.9 Å².